The van der Waals surface area contributed by atoms with E-state index in [2.05, 4.69) is 17.1 Å². The van der Waals surface area contributed by atoms with E-state index in [4.69, 9.17) is 4.74 Å². The number of carbonyl (C=O) groups excluding carboxylic acids is 2. The van der Waals surface area contributed by atoms with Gasteiger partial charge in [0.2, 0.25) is 5.91 Å². The number of fused-ring (bicyclic) bond motifs is 2. The molecule has 0 aliphatic carbocycles. The molecular weight excluding hydrogens is 414 g/mol. The quantitative estimate of drug-likeness (QED) is 0.584. The molecule has 6 nitrogen and oxygen atoms in total. The number of hydrogen-bond donors (Lipinski definition) is 0. The lowest BCUT2D eigenvalue weighted by Gasteiger charge is -2.47. The van der Waals surface area contributed by atoms with Gasteiger partial charge in [0.1, 0.15) is 11.4 Å². The van der Waals surface area contributed by atoms with Crippen molar-refractivity contribution in [2.45, 2.75) is 31.3 Å². The van der Waals surface area contributed by atoms with Crippen molar-refractivity contribution in [3.8, 4) is 5.75 Å². The molecule has 0 radical (unpaired) electrons. The normalized spacial score (nSPS) is 19.2. The molecular formula is C27H27N3O3. The van der Waals surface area contributed by atoms with E-state index < -0.39 is 5.66 Å². The van der Waals surface area contributed by atoms with Gasteiger partial charge in [-0.05, 0) is 48.2 Å². The fraction of sp³-hybridized carbons (Fsp3) is 0.296. The van der Waals surface area contributed by atoms with Crippen LogP contribution in [0.5, 0.6) is 5.75 Å². The van der Waals surface area contributed by atoms with E-state index in [-0.39, 0.29) is 11.8 Å². The SMILES string of the molecule is COc1ccc(C23Cc4ncccc4C(=O)N2CCN3C(=O)CCCc2ccccc2)cc1. The van der Waals surface area contributed by atoms with Crippen molar-refractivity contribution in [2.75, 3.05) is 20.2 Å². The number of benzene rings is 2. The highest BCUT2D eigenvalue weighted by Gasteiger charge is 2.55. The minimum Gasteiger partial charge on any atom is -0.497 e. The lowest BCUT2D eigenvalue weighted by Crippen LogP contribution is -2.58. The number of aryl methyl sites for hydroxylation is 1. The summed E-state index contributed by atoms with van der Waals surface area (Å²) in [6.07, 6.45) is 4.24. The second-order valence-corrected chi connectivity index (χ2v) is 8.56. The lowest BCUT2D eigenvalue weighted by molar-refractivity contribution is -0.139. The summed E-state index contributed by atoms with van der Waals surface area (Å²) >= 11 is 0. The second kappa shape index (κ2) is 8.70. The number of rotatable bonds is 6. The molecule has 2 amide bonds. The Kier molecular flexibility index (Phi) is 5.58. The largest absolute Gasteiger partial charge is 0.497 e. The van der Waals surface area contributed by atoms with Crippen molar-refractivity contribution in [3.05, 3.63) is 95.3 Å². The number of ether oxygens (including phenoxy) is 1. The Labute approximate surface area is 193 Å². The average molecular weight is 442 g/mol. The molecule has 2 aromatic carbocycles. The molecule has 1 atom stereocenters. The summed E-state index contributed by atoms with van der Waals surface area (Å²) in [6, 6.07) is 21.5. The van der Waals surface area contributed by atoms with E-state index in [9.17, 15) is 9.59 Å². The first-order chi connectivity index (χ1) is 16.1. The third-order valence-electron chi connectivity index (χ3n) is 6.77. The van der Waals surface area contributed by atoms with Crippen LogP contribution in [0.25, 0.3) is 0 Å². The fourth-order valence-corrected chi connectivity index (χ4v) is 5.15. The summed E-state index contributed by atoms with van der Waals surface area (Å²) in [7, 11) is 1.63. The topological polar surface area (TPSA) is 62.7 Å². The fourth-order valence-electron chi connectivity index (χ4n) is 5.15. The van der Waals surface area contributed by atoms with E-state index in [1.54, 1.807) is 19.4 Å². The molecule has 5 rings (SSSR count). The summed E-state index contributed by atoms with van der Waals surface area (Å²) in [5, 5.41) is 0. The highest BCUT2D eigenvalue weighted by molar-refractivity contribution is 5.98. The Morgan fingerprint density at radius 3 is 2.58 bits per heavy atom. The molecule has 0 bridgehead atoms. The maximum atomic E-state index is 13.6. The van der Waals surface area contributed by atoms with E-state index in [0.29, 0.717) is 31.5 Å². The standard InChI is InChI=1S/C27H27N3O3/c1-33-22-14-12-21(13-15-22)27-19-24-23(10-6-16-28-24)26(32)30(27)18-17-29(27)25(31)11-5-9-20-7-3-2-4-8-20/h2-4,6-8,10,12-16H,5,9,11,17-19H2,1H3. The molecule has 0 saturated carbocycles. The Morgan fingerprint density at radius 1 is 1.03 bits per heavy atom. The van der Waals surface area contributed by atoms with E-state index in [1.807, 2.05) is 58.3 Å². The van der Waals surface area contributed by atoms with Gasteiger partial charge in [0.05, 0.1) is 18.4 Å². The van der Waals surface area contributed by atoms with Gasteiger partial charge in [0.25, 0.3) is 5.91 Å². The molecule has 3 aromatic rings. The molecule has 168 valence electrons. The maximum absolute atomic E-state index is 13.6. The van der Waals surface area contributed by atoms with Crippen LogP contribution in [-0.2, 0) is 23.3 Å². The summed E-state index contributed by atoms with van der Waals surface area (Å²) in [4.78, 5) is 35.3. The highest BCUT2D eigenvalue weighted by Crippen LogP contribution is 2.45. The van der Waals surface area contributed by atoms with Crippen LogP contribution in [0.15, 0.2) is 72.9 Å². The molecule has 2 aliphatic heterocycles. The molecule has 6 heteroatoms. The molecule has 1 unspecified atom stereocenters. The summed E-state index contributed by atoms with van der Waals surface area (Å²) in [5.41, 5.74) is 2.62. The number of pyridine rings is 1. The number of methoxy groups -OCH3 is 1. The smallest absolute Gasteiger partial charge is 0.257 e. The Bertz CT molecular complexity index is 1160. The van der Waals surface area contributed by atoms with Gasteiger partial charge in [-0.3, -0.25) is 14.6 Å². The van der Waals surface area contributed by atoms with Crippen molar-refractivity contribution < 1.29 is 14.3 Å². The van der Waals surface area contributed by atoms with Gasteiger partial charge in [-0.15, -0.1) is 0 Å². The summed E-state index contributed by atoms with van der Waals surface area (Å²) < 4.78 is 5.34. The van der Waals surface area contributed by atoms with Crippen molar-refractivity contribution in [1.82, 2.24) is 14.8 Å². The Hall–Kier alpha value is -3.67. The van der Waals surface area contributed by atoms with E-state index in [1.165, 1.54) is 5.56 Å². The van der Waals surface area contributed by atoms with Crippen molar-refractivity contribution in [1.29, 1.82) is 0 Å². The minimum absolute atomic E-state index is 0.0661. The second-order valence-electron chi connectivity index (χ2n) is 8.56. The van der Waals surface area contributed by atoms with Crippen molar-refractivity contribution in [3.63, 3.8) is 0 Å². The first-order valence-corrected chi connectivity index (χ1v) is 11.4. The van der Waals surface area contributed by atoms with Gasteiger partial charge in [0.15, 0.2) is 0 Å². The number of nitrogens with zero attached hydrogens (tertiary/aromatic N) is 3. The van der Waals surface area contributed by atoms with Crippen molar-refractivity contribution in [2.24, 2.45) is 0 Å². The number of amides is 2. The third kappa shape index (κ3) is 3.65. The van der Waals surface area contributed by atoms with Gasteiger partial charge >= 0.3 is 0 Å². The summed E-state index contributed by atoms with van der Waals surface area (Å²) in [5.74, 6) is 0.734. The van der Waals surface area contributed by atoms with Crippen LogP contribution in [0.3, 0.4) is 0 Å². The number of aromatic nitrogens is 1. The number of carbonyl (C=O) groups is 2. The van der Waals surface area contributed by atoms with Gasteiger partial charge in [-0.1, -0.05) is 42.5 Å². The number of hydrogen-bond acceptors (Lipinski definition) is 4. The zero-order valence-electron chi connectivity index (χ0n) is 18.7. The van der Waals surface area contributed by atoms with Crippen molar-refractivity contribution >= 4 is 11.8 Å². The van der Waals surface area contributed by atoms with Crippen LogP contribution in [0, 0.1) is 0 Å². The maximum Gasteiger partial charge on any atom is 0.257 e. The van der Waals surface area contributed by atoms with Crippen LogP contribution >= 0.6 is 0 Å². The molecule has 0 N–H and O–H groups in total. The predicted octanol–water partition coefficient (Wildman–Crippen LogP) is 3.81. The zero-order valence-corrected chi connectivity index (χ0v) is 18.7. The van der Waals surface area contributed by atoms with E-state index in [0.717, 1.165) is 29.8 Å². The van der Waals surface area contributed by atoms with Gasteiger partial charge in [-0.25, -0.2) is 0 Å². The molecule has 0 spiro atoms. The summed E-state index contributed by atoms with van der Waals surface area (Å²) in [6.45, 7) is 1.01. The van der Waals surface area contributed by atoms with Gasteiger partial charge < -0.3 is 14.5 Å². The van der Waals surface area contributed by atoms with Crippen LogP contribution in [-0.4, -0.2) is 46.8 Å². The first kappa shape index (κ1) is 21.2. The monoisotopic (exact) mass is 441 g/mol. The van der Waals surface area contributed by atoms with Crippen LogP contribution < -0.4 is 4.74 Å². The molecule has 1 fully saturated rings. The molecule has 1 aromatic heterocycles. The van der Waals surface area contributed by atoms with Crippen LogP contribution in [0.2, 0.25) is 0 Å². The highest BCUT2D eigenvalue weighted by atomic mass is 16.5. The van der Waals surface area contributed by atoms with Crippen LogP contribution in [0.1, 0.15) is 40.0 Å². The Balaban J connectivity index is 1.48. The van der Waals surface area contributed by atoms with Crippen LogP contribution in [0.4, 0.5) is 0 Å². The average Bonchev–Trinajstić information content (AvgIpc) is 3.25. The minimum atomic E-state index is -0.867. The predicted molar refractivity (Wildman–Crippen MR) is 125 cm³/mol. The molecule has 2 aliphatic rings. The third-order valence-corrected chi connectivity index (χ3v) is 6.77. The van der Waals surface area contributed by atoms with E-state index >= 15 is 0 Å². The molecule has 1 saturated heterocycles. The Morgan fingerprint density at radius 2 is 1.82 bits per heavy atom. The lowest BCUT2D eigenvalue weighted by atomic mass is 9.86. The molecule has 3 heterocycles. The molecule has 33 heavy (non-hydrogen) atoms. The first-order valence-electron chi connectivity index (χ1n) is 11.4. The zero-order chi connectivity index (χ0) is 22.8. The van der Waals surface area contributed by atoms with Gasteiger partial charge in [0, 0.05) is 32.1 Å². The van der Waals surface area contributed by atoms with Gasteiger partial charge in [-0.2, -0.15) is 0 Å².